The van der Waals surface area contributed by atoms with Crippen LogP contribution >= 0.6 is 0 Å². The van der Waals surface area contributed by atoms with Crippen molar-refractivity contribution in [2.45, 2.75) is 33.1 Å². The second-order valence-electron chi connectivity index (χ2n) is 4.81. The molecule has 0 radical (unpaired) electrons. The molecule has 1 fully saturated rings. The van der Waals surface area contributed by atoms with Crippen LogP contribution in [-0.2, 0) is 9.53 Å². The number of hydrogen-bond acceptors (Lipinski definition) is 3. The number of carbonyl (C=O) groups excluding carboxylic acids is 1. The fraction of sp³-hybridized carbons (Fsp3) is 0.917. The molecule has 0 aromatic heterocycles. The Labute approximate surface area is 98.1 Å². The maximum absolute atomic E-state index is 11.5. The summed E-state index contributed by atoms with van der Waals surface area (Å²) in [5, 5.41) is 6.37. The molecule has 1 saturated heterocycles. The van der Waals surface area contributed by atoms with Gasteiger partial charge in [-0.05, 0) is 31.7 Å². The molecule has 0 aromatic rings. The molecule has 1 rings (SSSR count). The quantitative estimate of drug-likeness (QED) is 0.665. The van der Waals surface area contributed by atoms with E-state index in [-0.39, 0.29) is 11.3 Å². The number of piperidine rings is 1. The smallest absolute Gasteiger partial charge is 0.222 e. The molecule has 4 nitrogen and oxygen atoms in total. The fourth-order valence-electron chi connectivity index (χ4n) is 1.98. The summed E-state index contributed by atoms with van der Waals surface area (Å²) in [7, 11) is 0. The van der Waals surface area contributed by atoms with Crippen molar-refractivity contribution < 1.29 is 9.53 Å². The van der Waals surface area contributed by atoms with Crippen LogP contribution in [0.25, 0.3) is 0 Å². The van der Waals surface area contributed by atoms with Crippen LogP contribution in [0, 0.1) is 5.41 Å². The largest absolute Gasteiger partial charge is 0.381 e. The van der Waals surface area contributed by atoms with Gasteiger partial charge in [-0.1, -0.05) is 6.92 Å². The molecule has 16 heavy (non-hydrogen) atoms. The number of amides is 1. The average Bonchev–Trinajstić information content (AvgIpc) is 2.28. The average molecular weight is 228 g/mol. The summed E-state index contributed by atoms with van der Waals surface area (Å²) in [5.41, 5.74) is 0.222. The van der Waals surface area contributed by atoms with Gasteiger partial charge in [0.05, 0.1) is 6.61 Å². The predicted molar refractivity (Wildman–Crippen MR) is 64.3 cm³/mol. The molecule has 1 atom stereocenters. The lowest BCUT2D eigenvalue weighted by molar-refractivity contribution is -0.122. The van der Waals surface area contributed by atoms with E-state index in [9.17, 15) is 4.79 Å². The minimum atomic E-state index is 0.0975. The van der Waals surface area contributed by atoms with E-state index in [2.05, 4.69) is 17.6 Å². The Morgan fingerprint density at radius 1 is 1.56 bits per heavy atom. The highest BCUT2D eigenvalue weighted by Gasteiger charge is 2.26. The highest BCUT2D eigenvalue weighted by atomic mass is 16.5. The van der Waals surface area contributed by atoms with E-state index in [1.807, 2.05) is 6.92 Å². The van der Waals surface area contributed by atoms with Crippen molar-refractivity contribution in [1.82, 2.24) is 10.6 Å². The van der Waals surface area contributed by atoms with Crippen molar-refractivity contribution in [3.05, 3.63) is 0 Å². The van der Waals surface area contributed by atoms with Gasteiger partial charge >= 0.3 is 0 Å². The summed E-state index contributed by atoms with van der Waals surface area (Å²) < 4.78 is 5.15. The Kier molecular flexibility index (Phi) is 5.77. The summed E-state index contributed by atoms with van der Waals surface area (Å²) in [6.07, 6.45) is 2.86. The standard InChI is InChI=1S/C12H24N2O2/c1-3-16-8-5-11(15)14-10-12(2)6-4-7-13-9-12/h13H,3-10H2,1-2H3,(H,14,15). The van der Waals surface area contributed by atoms with Crippen LogP contribution < -0.4 is 10.6 Å². The van der Waals surface area contributed by atoms with Gasteiger partial charge in [0, 0.05) is 26.1 Å². The Morgan fingerprint density at radius 3 is 3.00 bits per heavy atom. The molecule has 0 aromatic carbocycles. The second kappa shape index (κ2) is 6.86. The Balaban J connectivity index is 2.14. The number of carbonyl (C=O) groups is 1. The van der Waals surface area contributed by atoms with E-state index in [4.69, 9.17) is 4.74 Å². The van der Waals surface area contributed by atoms with Crippen molar-refractivity contribution >= 4 is 5.91 Å². The van der Waals surface area contributed by atoms with Gasteiger partial charge in [-0.25, -0.2) is 0 Å². The van der Waals surface area contributed by atoms with Gasteiger partial charge in [-0.3, -0.25) is 4.79 Å². The molecule has 94 valence electrons. The molecule has 0 saturated carbocycles. The summed E-state index contributed by atoms with van der Waals surface area (Å²) in [5.74, 6) is 0.0975. The van der Waals surface area contributed by atoms with E-state index in [1.165, 1.54) is 12.8 Å². The SMILES string of the molecule is CCOCCC(=O)NCC1(C)CCCNC1. The molecular formula is C12H24N2O2. The van der Waals surface area contributed by atoms with Crippen molar-refractivity contribution in [3.63, 3.8) is 0 Å². The van der Waals surface area contributed by atoms with Crippen molar-refractivity contribution in [3.8, 4) is 0 Å². The topological polar surface area (TPSA) is 50.4 Å². The van der Waals surface area contributed by atoms with Gasteiger partial charge in [0.15, 0.2) is 0 Å². The van der Waals surface area contributed by atoms with E-state index in [0.717, 1.165) is 19.6 Å². The first kappa shape index (κ1) is 13.5. The van der Waals surface area contributed by atoms with Crippen LogP contribution in [0.3, 0.4) is 0 Å². The maximum atomic E-state index is 11.5. The molecule has 1 aliphatic rings. The van der Waals surface area contributed by atoms with Crippen LogP contribution in [0.4, 0.5) is 0 Å². The number of ether oxygens (including phenoxy) is 1. The van der Waals surface area contributed by atoms with Crippen LogP contribution in [0.15, 0.2) is 0 Å². The third kappa shape index (κ3) is 4.94. The zero-order valence-electron chi connectivity index (χ0n) is 10.5. The zero-order chi connectivity index (χ0) is 11.9. The molecule has 4 heteroatoms. The summed E-state index contributed by atoms with van der Waals surface area (Å²) in [6, 6.07) is 0. The summed E-state index contributed by atoms with van der Waals surface area (Å²) in [4.78, 5) is 11.5. The zero-order valence-corrected chi connectivity index (χ0v) is 10.5. The predicted octanol–water partition coefficient (Wildman–Crippen LogP) is 0.919. The number of rotatable bonds is 6. The molecule has 2 N–H and O–H groups in total. The molecule has 1 unspecified atom stereocenters. The van der Waals surface area contributed by atoms with Gasteiger partial charge < -0.3 is 15.4 Å². The fourth-order valence-corrected chi connectivity index (χ4v) is 1.98. The third-order valence-electron chi connectivity index (χ3n) is 3.08. The van der Waals surface area contributed by atoms with Gasteiger partial charge in [0.2, 0.25) is 5.91 Å². The van der Waals surface area contributed by atoms with Crippen LogP contribution in [0.5, 0.6) is 0 Å². The Bertz CT molecular complexity index is 213. The second-order valence-corrected chi connectivity index (χ2v) is 4.81. The first-order valence-electron chi connectivity index (χ1n) is 6.21. The number of hydrogen-bond donors (Lipinski definition) is 2. The first-order valence-corrected chi connectivity index (χ1v) is 6.21. The molecule has 1 aliphatic heterocycles. The maximum Gasteiger partial charge on any atom is 0.222 e. The van der Waals surface area contributed by atoms with Crippen LogP contribution in [-0.4, -0.2) is 38.8 Å². The Morgan fingerprint density at radius 2 is 2.38 bits per heavy atom. The van der Waals surface area contributed by atoms with Crippen LogP contribution in [0.1, 0.15) is 33.1 Å². The van der Waals surface area contributed by atoms with E-state index in [0.29, 0.717) is 19.6 Å². The molecular weight excluding hydrogens is 204 g/mol. The highest BCUT2D eigenvalue weighted by molar-refractivity contribution is 5.75. The molecule has 0 spiro atoms. The van der Waals surface area contributed by atoms with E-state index in [1.54, 1.807) is 0 Å². The third-order valence-corrected chi connectivity index (χ3v) is 3.08. The van der Waals surface area contributed by atoms with Crippen LogP contribution in [0.2, 0.25) is 0 Å². The summed E-state index contributed by atoms with van der Waals surface area (Å²) in [6.45, 7) is 8.23. The molecule has 0 bridgehead atoms. The van der Waals surface area contributed by atoms with Crippen molar-refractivity contribution in [1.29, 1.82) is 0 Å². The summed E-state index contributed by atoms with van der Waals surface area (Å²) >= 11 is 0. The first-order chi connectivity index (χ1) is 7.66. The number of nitrogens with one attached hydrogen (secondary N) is 2. The van der Waals surface area contributed by atoms with E-state index >= 15 is 0 Å². The van der Waals surface area contributed by atoms with Gasteiger partial charge in [0.1, 0.15) is 0 Å². The lowest BCUT2D eigenvalue weighted by Gasteiger charge is -2.34. The molecule has 1 amide bonds. The van der Waals surface area contributed by atoms with Crippen molar-refractivity contribution in [2.24, 2.45) is 5.41 Å². The Hall–Kier alpha value is -0.610. The lowest BCUT2D eigenvalue weighted by Crippen LogP contribution is -2.45. The van der Waals surface area contributed by atoms with Gasteiger partial charge in [-0.15, -0.1) is 0 Å². The highest BCUT2D eigenvalue weighted by Crippen LogP contribution is 2.23. The molecule has 1 heterocycles. The van der Waals surface area contributed by atoms with E-state index < -0.39 is 0 Å². The lowest BCUT2D eigenvalue weighted by atomic mass is 9.83. The minimum Gasteiger partial charge on any atom is -0.381 e. The van der Waals surface area contributed by atoms with Gasteiger partial charge in [0.25, 0.3) is 0 Å². The monoisotopic (exact) mass is 228 g/mol. The molecule has 0 aliphatic carbocycles. The van der Waals surface area contributed by atoms with Crippen molar-refractivity contribution in [2.75, 3.05) is 32.8 Å². The minimum absolute atomic E-state index is 0.0975. The van der Waals surface area contributed by atoms with Gasteiger partial charge in [-0.2, -0.15) is 0 Å². The normalized spacial score (nSPS) is 25.4.